The van der Waals surface area contributed by atoms with E-state index in [2.05, 4.69) is 124 Å². The van der Waals surface area contributed by atoms with Crippen LogP contribution in [0.5, 0.6) is 0 Å². The van der Waals surface area contributed by atoms with Gasteiger partial charge in [0.05, 0.1) is 38.0 Å². The Bertz CT molecular complexity index is 3210. The quantitative estimate of drug-likeness (QED) is 0.197. The molecule has 248 valence electrons. The van der Waals surface area contributed by atoms with Gasteiger partial charge < -0.3 is 9.88 Å². The molecule has 1 aliphatic heterocycles. The van der Waals surface area contributed by atoms with Crippen LogP contribution >= 0.6 is 11.3 Å². The molecule has 0 saturated carbocycles. The molecule has 0 bridgehead atoms. The average molecular weight is 691 g/mol. The fourth-order valence-corrected chi connectivity index (χ4v) is 9.64. The number of thiophene rings is 1. The second-order valence-electron chi connectivity index (χ2n) is 13.8. The fraction of sp³-hybridized carbons (Fsp3) is 0.0851. The Balaban J connectivity index is 1.22. The molecule has 11 rings (SSSR count). The average Bonchev–Trinajstić information content (AvgIpc) is 3.89. The number of hydrogen-bond acceptors (Lipinski definition) is 3. The van der Waals surface area contributed by atoms with E-state index in [1.165, 1.54) is 16.3 Å². The zero-order valence-electron chi connectivity index (χ0n) is 32.4. The highest BCUT2D eigenvalue weighted by Crippen LogP contribution is 2.47. The van der Waals surface area contributed by atoms with Gasteiger partial charge >= 0.3 is 0 Å². The van der Waals surface area contributed by atoms with Gasteiger partial charge in [-0.05, 0) is 55.2 Å². The predicted molar refractivity (Wildman–Crippen MR) is 222 cm³/mol. The molecular weight excluding hydrogens is 653 g/mol. The van der Waals surface area contributed by atoms with E-state index in [4.69, 9.17) is 7.73 Å². The number of aliphatic imine (C=N–C) groups is 1. The summed E-state index contributed by atoms with van der Waals surface area (Å²) >= 11 is 1.77. The van der Waals surface area contributed by atoms with Crippen LogP contribution in [0, 0.1) is 0 Å². The largest absolute Gasteiger partial charge is 0.342 e. The topological polar surface area (TPSA) is 34.2 Å². The van der Waals surface area contributed by atoms with E-state index in [9.17, 15) is 2.74 Å². The molecule has 8 aromatic rings. The van der Waals surface area contributed by atoms with Gasteiger partial charge in [0, 0.05) is 43.8 Å². The van der Waals surface area contributed by atoms with Crippen molar-refractivity contribution in [1.29, 1.82) is 0 Å². The molecule has 3 aliphatic rings. The summed E-state index contributed by atoms with van der Waals surface area (Å²) in [5.41, 5.74) is 6.90. The zero-order valence-corrected chi connectivity index (χ0v) is 29.2. The lowest BCUT2D eigenvalue weighted by Crippen LogP contribution is -2.51. The standard InChI is InChI=1S/C47H34N4S/c1-47-29-13-12-20-38(47)42(32-25-23-31(24-26-32)30-14-4-2-5-15-30)48-46(49-47)51-39-21-10-8-18-34(39)35-27-28-37-41-36-19-9-11-22-40(36)50(33-16-6-3-7-17-33)45(41)52-44(37)43(35)51/h3-4,6-29H,2,5H2,1H3,(H,48,49)/i12D,13D,20D,29D. The molecule has 0 saturated heterocycles. The molecule has 1 N–H and O–H groups in total. The molecule has 5 aromatic carbocycles. The van der Waals surface area contributed by atoms with Crippen molar-refractivity contribution in [1.82, 2.24) is 14.5 Å². The Morgan fingerprint density at radius 3 is 2.27 bits per heavy atom. The fourth-order valence-electron chi connectivity index (χ4n) is 8.25. The maximum Gasteiger partial charge on any atom is 0.209 e. The third-order valence-electron chi connectivity index (χ3n) is 10.7. The number of nitrogens with zero attached hydrogens (tertiary/aromatic N) is 3. The van der Waals surface area contributed by atoms with E-state index in [-0.39, 0.29) is 24.2 Å². The molecule has 0 spiro atoms. The summed E-state index contributed by atoms with van der Waals surface area (Å²) in [5.74, 6) is 0.500. The number of aromatic nitrogens is 2. The predicted octanol–water partition coefficient (Wildman–Crippen LogP) is 11.9. The molecule has 0 fully saturated rings. The molecule has 52 heavy (non-hydrogen) atoms. The zero-order chi connectivity index (χ0) is 37.9. The van der Waals surface area contributed by atoms with E-state index in [1.807, 2.05) is 31.2 Å². The molecule has 2 aliphatic carbocycles. The van der Waals surface area contributed by atoms with Gasteiger partial charge in [0.1, 0.15) is 4.83 Å². The van der Waals surface area contributed by atoms with E-state index in [0.29, 0.717) is 17.2 Å². The Morgan fingerprint density at radius 2 is 1.46 bits per heavy atom. The first-order valence-electron chi connectivity index (χ1n) is 19.7. The minimum absolute atomic E-state index is 0.0661. The number of hydrogen-bond donors (Lipinski definition) is 1. The molecule has 4 heterocycles. The third kappa shape index (κ3) is 4.23. The lowest BCUT2D eigenvalue weighted by molar-refractivity contribution is 0.599. The van der Waals surface area contributed by atoms with Gasteiger partial charge in [-0.1, -0.05) is 133 Å². The first-order chi connectivity index (χ1) is 27.3. The van der Waals surface area contributed by atoms with Gasteiger partial charge in [0.25, 0.3) is 0 Å². The van der Waals surface area contributed by atoms with Crippen molar-refractivity contribution in [2.45, 2.75) is 25.3 Å². The van der Waals surface area contributed by atoms with Crippen LogP contribution in [0.4, 0.5) is 0 Å². The molecule has 0 radical (unpaired) electrons. The Morgan fingerprint density at radius 1 is 0.731 bits per heavy atom. The monoisotopic (exact) mass is 690 g/mol. The number of benzene rings is 5. The van der Waals surface area contributed by atoms with Crippen molar-refractivity contribution in [3.63, 3.8) is 0 Å². The third-order valence-corrected chi connectivity index (χ3v) is 11.9. The number of allylic oxidation sites excluding steroid dienone is 6. The lowest BCUT2D eigenvalue weighted by Gasteiger charge is -2.37. The highest BCUT2D eigenvalue weighted by Gasteiger charge is 2.36. The van der Waals surface area contributed by atoms with Crippen LogP contribution in [0.3, 0.4) is 0 Å². The smallest absolute Gasteiger partial charge is 0.209 e. The van der Waals surface area contributed by atoms with Gasteiger partial charge in [-0.3, -0.25) is 4.57 Å². The highest BCUT2D eigenvalue weighted by molar-refractivity contribution is 7.26. The van der Waals surface area contributed by atoms with Crippen molar-refractivity contribution >= 4 is 81.6 Å². The second kappa shape index (κ2) is 11.2. The summed E-state index contributed by atoms with van der Waals surface area (Å²) in [4.78, 5) is 6.54. The van der Waals surface area contributed by atoms with Crippen LogP contribution in [-0.2, 0) is 0 Å². The maximum atomic E-state index is 9.33. The molecular formula is C47H34N4S. The van der Waals surface area contributed by atoms with Crippen LogP contribution in [-0.4, -0.2) is 20.6 Å². The Kier molecular flexibility index (Phi) is 5.52. The van der Waals surface area contributed by atoms with E-state index < -0.39 is 5.54 Å². The molecule has 0 amide bonds. The van der Waals surface area contributed by atoms with Crippen LogP contribution < -0.4 is 5.32 Å². The summed E-state index contributed by atoms with van der Waals surface area (Å²) < 4.78 is 41.7. The molecule has 4 nitrogen and oxygen atoms in total. The maximum absolute atomic E-state index is 9.33. The number of para-hydroxylation sites is 3. The summed E-state index contributed by atoms with van der Waals surface area (Å²) in [6.07, 6.45) is 8.65. The Labute approximate surface area is 311 Å². The van der Waals surface area contributed by atoms with Crippen LogP contribution in [0.25, 0.3) is 70.0 Å². The summed E-state index contributed by atoms with van der Waals surface area (Å²) in [6, 6.07) is 39.4. The summed E-state index contributed by atoms with van der Waals surface area (Å²) in [7, 11) is 0. The normalized spacial score (nSPS) is 20.3. The highest BCUT2D eigenvalue weighted by atomic mass is 32.1. The van der Waals surface area contributed by atoms with Gasteiger partial charge in [0.2, 0.25) is 5.96 Å². The number of fused-ring (bicyclic) bond motifs is 10. The van der Waals surface area contributed by atoms with Gasteiger partial charge in [-0.15, -0.1) is 11.3 Å². The minimum atomic E-state index is -1.30. The van der Waals surface area contributed by atoms with Gasteiger partial charge in [-0.2, -0.15) is 0 Å². The number of nitrogens with one attached hydrogen (secondary N) is 1. The van der Waals surface area contributed by atoms with Crippen molar-refractivity contribution in [3.8, 4) is 5.69 Å². The Hall–Kier alpha value is -6.17. The number of rotatable bonds is 3. The lowest BCUT2D eigenvalue weighted by atomic mass is 9.83. The SMILES string of the molecule is [2H]C1=C([2H])C2=C(c3ccc(C4=CCCC=C4)cc3)N=C(n3c4ccccc4c4ccc5c(sc6c5c5ccccc5n6-c5ccccc5)c43)NC2(C)C([2H])=C1[2H]. The van der Waals surface area contributed by atoms with Gasteiger partial charge in [-0.25, -0.2) is 4.99 Å². The molecule has 3 aromatic heterocycles. The van der Waals surface area contributed by atoms with E-state index in [1.54, 1.807) is 11.3 Å². The van der Waals surface area contributed by atoms with Crippen molar-refractivity contribution in [2.75, 3.05) is 0 Å². The minimum Gasteiger partial charge on any atom is -0.342 e. The molecule has 5 heteroatoms. The summed E-state index contributed by atoms with van der Waals surface area (Å²) in [6.45, 7) is 1.85. The van der Waals surface area contributed by atoms with E-state index in [0.717, 1.165) is 71.9 Å². The second-order valence-corrected chi connectivity index (χ2v) is 14.8. The first-order valence-corrected chi connectivity index (χ1v) is 18.5. The van der Waals surface area contributed by atoms with Crippen LogP contribution in [0.15, 0.2) is 168 Å². The van der Waals surface area contributed by atoms with Gasteiger partial charge in [0.15, 0.2) is 0 Å². The summed E-state index contributed by atoms with van der Waals surface area (Å²) in [5, 5.41) is 9.30. The van der Waals surface area contributed by atoms with E-state index >= 15 is 0 Å². The molecule has 1 atom stereocenters. The van der Waals surface area contributed by atoms with Crippen LogP contribution in [0.1, 0.15) is 36.4 Å². The van der Waals surface area contributed by atoms with Crippen molar-refractivity contribution < 1.29 is 5.48 Å². The van der Waals surface area contributed by atoms with Crippen molar-refractivity contribution in [2.24, 2.45) is 4.99 Å². The first kappa shape index (κ1) is 25.7. The molecule has 1 unspecified atom stereocenters. The van der Waals surface area contributed by atoms with Crippen LogP contribution in [0.2, 0.25) is 0 Å². The van der Waals surface area contributed by atoms with Crippen molar-refractivity contribution in [3.05, 3.63) is 174 Å².